The minimum atomic E-state index is -0.0920. The molecule has 1 saturated heterocycles. The Kier molecular flexibility index (Phi) is 3.80. The lowest BCUT2D eigenvalue weighted by Gasteiger charge is -2.05. The van der Waals surface area contributed by atoms with E-state index < -0.39 is 0 Å². The fraction of sp³-hybridized carbons (Fsp3) is 0.154. The third-order valence-electron chi connectivity index (χ3n) is 2.68. The van der Waals surface area contributed by atoms with Gasteiger partial charge in [0.05, 0.1) is 10.6 Å². The Morgan fingerprint density at radius 3 is 2.86 bits per heavy atom. The van der Waals surface area contributed by atoms with Crippen LogP contribution < -0.4 is 0 Å². The van der Waals surface area contributed by atoms with Gasteiger partial charge in [-0.15, -0.1) is 10.2 Å². The number of aliphatic imine (C=N–C) groups is 1. The van der Waals surface area contributed by atoms with Gasteiger partial charge in [0.25, 0.3) is 5.91 Å². The van der Waals surface area contributed by atoms with Crippen molar-refractivity contribution < 1.29 is 4.79 Å². The fourth-order valence-corrected chi connectivity index (χ4v) is 3.23. The predicted octanol–water partition coefficient (Wildman–Crippen LogP) is 2.48. The molecule has 1 fully saturated rings. The van der Waals surface area contributed by atoms with Crippen LogP contribution in [0.4, 0.5) is 5.13 Å². The second kappa shape index (κ2) is 5.74. The number of hydrogen-bond donors (Lipinski definition) is 0. The van der Waals surface area contributed by atoms with E-state index in [9.17, 15) is 4.79 Å². The zero-order valence-corrected chi connectivity index (χ0v) is 13.0. The van der Waals surface area contributed by atoms with Crippen molar-refractivity contribution >= 4 is 45.4 Å². The Labute approximate surface area is 129 Å². The van der Waals surface area contributed by atoms with Gasteiger partial charge >= 0.3 is 0 Å². The van der Waals surface area contributed by atoms with Gasteiger partial charge in [0.1, 0.15) is 5.01 Å². The summed E-state index contributed by atoms with van der Waals surface area (Å²) in [4.78, 5) is 22.9. The number of likely N-dealkylation sites (N-methyl/N-ethyl adjacent to an activating group) is 1. The van der Waals surface area contributed by atoms with Gasteiger partial charge in [0.15, 0.2) is 5.17 Å². The second-order valence-electron chi connectivity index (χ2n) is 4.23. The van der Waals surface area contributed by atoms with Crippen LogP contribution in [0, 0.1) is 6.92 Å². The number of nitrogens with zero attached hydrogens (tertiary/aromatic N) is 5. The van der Waals surface area contributed by atoms with Gasteiger partial charge in [-0.2, -0.15) is 4.99 Å². The molecule has 2 aromatic heterocycles. The van der Waals surface area contributed by atoms with Gasteiger partial charge in [-0.3, -0.25) is 14.7 Å². The van der Waals surface area contributed by atoms with E-state index in [4.69, 9.17) is 0 Å². The number of amides is 1. The maximum absolute atomic E-state index is 12.2. The molecular weight excluding hydrogens is 306 g/mol. The van der Waals surface area contributed by atoms with E-state index in [2.05, 4.69) is 20.2 Å². The van der Waals surface area contributed by atoms with Gasteiger partial charge in [-0.05, 0) is 36.9 Å². The van der Waals surface area contributed by atoms with Crippen LogP contribution in [0.1, 0.15) is 10.7 Å². The predicted molar refractivity (Wildman–Crippen MR) is 84.3 cm³/mol. The van der Waals surface area contributed by atoms with E-state index in [1.807, 2.05) is 25.1 Å². The normalized spacial score (nSPS) is 19.0. The molecular formula is C13H11N5OS2. The molecule has 0 saturated carbocycles. The van der Waals surface area contributed by atoms with Crippen LogP contribution in [0.15, 0.2) is 34.3 Å². The first kappa shape index (κ1) is 13.9. The molecule has 0 spiro atoms. The molecule has 3 heterocycles. The van der Waals surface area contributed by atoms with Crippen molar-refractivity contribution in [2.24, 2.45) is 4.99 Å². The van der Waals surface area contributed by atoms with Crippen LogP contribution in [-0.4, -0.2) is 38.2 Å². The van der Waals surface area contributed by atoms with Gasteiger partial charge in [0.2, 0.25) is 5.13 Å². The highest BCUT2D eigenvalue weighted by molar-refractivity contribution is 8.18. The molecule has 1 aliphatic heterocycles. The summed E-state index contributed by atoms with van der Waals surface area (Å²) in [5.41, 5.74) is 0.745. The van der Waals surface area contributed by atoms with Crippen molar-refractivity contribution in [3.05, 3.63) is 40.0 Å². The van der Waals surface area contributed by atoms with E-state index in [1.165, 1.54) is 28.0 Å². The van der Waals surface area contributed by atoms with Crippen LogP contribution >= 0.6 is 23.1 Å². The third-order valence-corrected chi connectivity index (χ3v) is 4.47. The highest BCUT2D eigenvalue weighted by Gasteiger charge is 2.30. The molecule has 0 radical (unpaired) electrons. The summed E-state index contributed by atoms with van der Waals surface area (Å²) in [5, 5.41) is 9.85. The zero-order valence-electron chi connectivity index (χ0n) is 11.3. The number of carbonyl (C=O) groups is 1. The van der Waals surface area contributed by atoms with E-state index in [1.54, 1.807) is 19.3 Å². The molecule has 1 amide bonds. The number of pyridine rings is 1. The lowest BCUT2D eigenvalue weighted by molar-refractivity contribution is -0.121. The van der Waals surface area contributed by atoms with Crippen molar-refractivity contribution in [2.45, 2.75) is 6.92 Å². The van der Waals surface area contributed by atoms with Crippen LogP contribution in [0.5, 0.6) is 0 Å². The van der Waals surface area contributed by atoms with Gasteiger partial charge in [-0.25, -0.2) is 0 Å². The minimum absolute atomic E-state index is 0.0920. The average molecular weight is 317 g/mol. The topological polar surface area (TPSA) is 71.3 Å². The Morgan fingerprint density at radius 2 is 2.19 bits per heavy atom. The Morgan fingerprint density at radius 1 is 1.33 bits per heavy atom. The SMILES string of the molecule is Cc1nnc(/N=C2/S/C(=C\c3ccccn3)C(=O)N2C)s1. The summed E-state index contributed by atoms with van der Waals surface area (Å²) in [6, 6.07) is 5.57. The highest BCUT2D eigenvalue weighted by Crippen LogP contribution is 2.33. The minimum Gasteiger partial charge on any atom is -0.289 e. The number of amidine groups is 1. The third kappa shape index (κ3) is 3.01. The molecule has 6 nitrogen and oxygen atoms in total. The second-order valence-corrected chi connectivity index (χ2v) is 6.40. The number of rotatable bonds is 2. The van der Waals surface area contributed by atoms with Crippen LogP contribution in [-0.2, 0) is 4.79 Å². The lowest BCUT2D eigenvalue weighted by Crippen LogP contribution is -2.23. The molecule has 0 aliphatic carbocycles. The van der Waals surface area contributed by atoms with Gasteiger partial charge in [-0.1, -0.05) is 17.4 Å². The number of thioether (sulfide) groups is 1. The van der Waals surface area contributed by atoms with Gasteiger partial charge < -0.3 is 0 Å². The van der Waals surface area contributed by atoms with E-state index in [0.717, 1.165) is 10.7 Å². The zero-order chi connectivity index (χ0) is 14.8. The molecule has 0 atom stereocenters. The summed E-state index contributed by atoms with van der Waals surface area (Å²) in [6.07, 6.45) is 3.45. The Bertz CT molecular complexity index is 738. The molecule has 0 unspecified atom stereocenters. The molecule has 0 bridgehead atoms. The maximum atomic E-state index is 12.2. The van der Waals surface area contributed by atoms with Crippen molar-refractivity contribution in [1.82, 2.24) is 20.1 Å². The first-order chi connectivity index (χ1) is 10.1. The first-order valence-electron chi connectivity index (χ1n) is 6.11. The first-order valence-corrected chi connectivity index (χ1v) is 7.74. The Hall–Kier alpha value is -2.06. The number of hydrogen-bond acceptors (Lipinski definition) is 7. The monoisotopic (exact) mass is 317 g/mol. The van der Waals surface area contributed by atoms with Crippen molar-refractivity contribution in [1.29, 1.82) is 0 Å². The smallest absolute Gasteiger partial charge is 0.266 e. The highest BCUT2D eigenvalue weighted by atomic mass is 32.2. The summed E-state index contributed by atoms with van der Waals surface area (Å²) in [5.74, 6) is -0.0920. The largest absolute Gasteiger partial charge is 0.289 e. The number of carbonyl (C=O) groups excluding carboxylic acids is 1. The molecule has 8 heteroatoms. The van der Waals surface area contributed by atoms with Crippen molar-refractivity contribution in [2.75, 3.05) is 7.05 Å². The van der Waals surface area contributed by atoms with Crippen LogP contribution in [0.2, 0.25) is 0 Å². The fourth-order valence-electron chi connectivity index (χ4n) is 1.66. The molecule has 0 aromatic carbocycles. The molecule has 1 aliphatic rings. The van der Waals surface area contributed by atoms with Gasteiger partial charge in [0, 0.05) is 13.2 Å². The standard InChI is InChI=1S/C13H11N5OS2/c1-8-16-17-12(20-8)15-13-18(2)11(19)10(21-13)7-9-5-3-4-6-14-9/h3-7H,1-2H3/b10-7-,15-13+. The molecule has 106 valence electrons. The summed E-state index contributed by atoms with van der Waals surface area (Å²) >= 11 is 2.70. The van der Waals surface area contributed by atoms with E-state index in [-0.39, 0.29) is 5.91 Å². The Balaban J connectivity index is 1.89. The van der Waals surface area contributed by atoms with Crippen molar-refractivity contribution in [3.63, 3.8) is 0 Å². The number of aryl methyl sites for hydroxylation is 1. The summed E-state index contributed by atoms with van der Waals surface area (Å²) < 4.78 is 0. The maximum Gasteiger partial charge on any atom is 0.266 e. The van der Waals surface area contributed by atoms with Crippen LogP contribution in [0.3, 0.4) is 0 Å². The van der Waals surface area contributed by atoms with Crippen LogP contribution in [0.25, 0.3) is 6.08 Å². The summed E-state index contributed by atoms with van der Waals surface area (Å²) in [6.45, 7) is 1.87. The summed E-state index contributed by atoms with van der Waals surface area (Å²) in [7, 11) is 1.70. The molecule has 21 heavy (non-hydrogen) atoms. The number of aromatic nitrogens is 3. The van der Waals surface area contributed by atoms with E-state index >= 15 is 0 Å². The molecule has 0 N–H and O–H groups in total. The quantitative estimate of drug-likeness (QED) is 0.796. The van der Waals surface area contributed by atoms with Crippen molar-refractivity contribution in [3.8, 4) is 0 Å². The lowest BCUT2D eigenvalue weighted by atomic mass is 10.3. The molecule has 2 aromatic rings. The molecule has 3 rings (SSSR count). The average Bonchev–Trinajstić information content (AvgIpc) is 3.00. The van der Waals surface area contributed by atoms with E-state index in [0.29, 0.717) is 15.2 Å².